The molecule has 3 heterocycles. The van der Waals surface area contributed by atoms with Crippen LogP contribution in [0.5, 0.6) is 5.75 Å². The normalized spacial score (nSPS) is 16.3. The first-order valence-corrected chi connectivity index (χ1v) is 14.4. The highest BCUT2D eigenvalue weighted by Gasteiger charge is 2.54. The maximum atomic E-state index is 14.8. The molecule has 1 atom stereocenters. The molecule has 1 saturated heterocycles. The zero-order valence-corrected chi connectivity index (χ0v) is 23.8. The number of primary amides is 1. The summed E-state index contributed by atoms with van der Waals surface area (Å²) in [6, 6.07) is 17.7. The summed E-state index contributed by atoms with van der Waals surface area (Å²) in [5, 5.41) is 5.27. The van der Waals surface area contributed by atoms with Crippen molar-refractivity contribution in [1.29, 1.82) is 0 Å². The molecule has 1 aromatic heterocycles. The molecule has 6 rings (SSSR count). The summed E-state index contributed by atoms with van der Waals surface area (Å²) in [5.41, 5.74) is 8.42. The number of methoxy groups -OCH3 is 1. The first kappa shape index (κ1) is 27.8. The number of hydrogen-bond donors (Lipinski definition) is 2. The number of nitrogens with zero attached hydrogens (tertiary/aromatic N) is 3. The number of hydrogen-bond acceptors (Lipinski definition) is 8. The van der Waals surface area contributed by atoms with E-state index in [-0.39, 0.29) is 29.7 Å². The fraction of sp³-hybridized carbons (Fsp3) is 0.258. The summed E-state index contributed by atoms with van der Waals surface area (Å²) in [4.78, 5) is 35.9. The van der Waals surface area contributed by atoms with Crippen LogP contribution in [0.1, 0.15) is 26.5 Å². The number of benzene rings is 3. The maximum Gasteiger partial charge on any atom is 0.256 e. The highest BCUT2D eigenvalue weighted by atomic mass is 32.1. The number of anilines is 1. The molecule has 3 aromatic carbocycles. The molecule has 1 fully saturated rings. The average Bonchev–Trinajstić information content (AvgIpc) is 3.67. The van der Waals surface area contributed by atoms with Gasteiger partial charge in [0, 0.05) is 68.2 Å². The van der Waals surface area contributed by atoms with Gasteiger partial charge in [-0.25, -0.2) is 9.37 Å². The minimum absolute atomic E-state index is 0.0686. The second-order valence-corrected chi connectivity index (χ2v) is 11.0. The minimum Gasteiger partial charge on any atom is -0.467 e. The summed E-state index contributed by atoms with van der Waals surface area (Å²) in [5.74, 6) is -1.76. The van der Waals surface area contributed by atoms with E-state index in [0.717, 1.165) is 59.9 Å². The molecule has 9 nitrogen and oxygen atoms in total. The lowest BCUT2D eigenvalue weighted by Crippen LogP contribution is -2.56. The van der Waals surface area contributed by atoms with Crippen molar-refractivity contribution in [2.24, 2.45) is 5.73 Å². The third kappa shape index (κ3) is 4.79. The van der Waals surface area contributed by atoms with Crippen molar-refractivity contribution in [2.75, 3.05) is 45.0 Å². The van der Waals surface area contributed by atoms with Gasteiger partial charge in [-0.3, -0.25) is 9.59 Å². The van der Waals surface area contributed by atoms with Crippen molar-refractivity contribution in [1.82, 2.24) is 15.2 Å². The van der Waals surface area contributed by atoms with E-state index in [1.807, 2.05) is 30.3 Å². The molecular weight excluding hydrogens is 557 g/mol. The third-order valence-corrected chi connectivity index (χ3v) is 8.65. The van der Waals surface area contributed by atoms with Gasteiger partial charge < -0.3 is 30.3 Å². The Balaban J connectivity index is 1.40. The molecule has 2 amide bonds. The quantitative estimate of drug-likeness (QED) is 0.287. The van der Waals surface area contributed by atoms with Crippen LogP contribution in [0.15, 0.2) is 72.2 Å². The Morgan fingerprint density at radius 3 is 2.55 bits per heavy atom. The van der Waals surface area contributed by atoms with Crippen LogP contribution in [-0.2, 0) is 21.6 Å². The molecule has 3 N–H and O–H groups in total. The van der Waals surface area contributed by atoms with Crippen LogP contribution in [0.2, 0.25) is 0 Å². The smallest absolute Gasteiger partial charge is 0.256 e. The Morgan fingerprint density at radius 2 is 1.86 bits per heavy atom. The number of nitrogens with two attached hydrogens (primary N) is 1. The average molecular weight is 588 g/mol. The number of aromatic nitrogens is 1. The number of thiazole rings is 1. The largest absolute Gasteiger partial charge is 0.467 e. The predicted octanol–water partition coefficient (Wildman–Crippen LogP) is 3.73. The topological polar surface area (TPSA) is 110 Å². The van der Waals surface area contributed by atoms with E-state index in [1.165, 1.54) is 36.4 Å². The Kier molecular flexibility index (Phi) is 7.63. The van der Waals surface area contributed by atoms with Gasteiger partial charge in [0.25, 0.3) is 11.8 Å². The number of rotatable bonds is 9. The summed E-state index contributed by atoms with van der Waals surface area (Å²) in [6.07, 6.45) is 1.52. The number of carbonyl (C=O) groups excluding carboxylic acids is 2. The lowest BCUT2D eigenvalue weighted by atomic mass is 9.86. The summed E-state index contributed by atoms with van der Waals surface area (Å²) >= 11 is 1.15. The number of nitrogens with one attached hydrogen (secondary N) is 1. The molecule has 0 saturated carbocycles. The van der Waals surface area contributed by atoms with Gasteiger partial charge >= 0.3 is 0 Å². The van der Waals surface area contributed by atoms with E-state index in [4.69, 9.17) is 15.2 Å². The Labute approximate surface area is 246 Å². The zero-order valence-electron chi connectivity index (χ0n) is 23.0. The Hall–Kier alpha value is -4.32. The summed E-state index contributed by atoms with van der Waals surface area (Å²) < 4.78 is 25.6. The molecule has 42 heavy (non-hydrogen) atoms. The lowest BCUT2D eigenvalue weighted by molar-refractivity contribution is -0.127. The molecule has 0 bridgehead atoms. The molecule has 0 aliphatic carbocycles. The van der Waals surface area contributed by atoms with Crippen molar-refractivity contribution in [3.8, 4) is 16.9 Å². The molecule has 216 valence electrons. The standard InChI is InChI=1S/C31H30FN5O4S/c1-40-19-41-27-9-6-23(32)17-26(27)31(29(33)39,30-35-12-15-42-30)37-18-22-3-2-21(16-25(22)28(37)38)20-4-7-24(8-5-20)36-13-10-34-11-14-36/h2-9,12,15-17,34H,10-11,13-14,18-19H2,1H3,(H2,33,39). The van der Waals surface area contributed by atoms with Crippen molar-refractivity contribution >= 4 is 28.8 Å². The van der Waals surface area contributed by atoms with E-state index < -0.39 is 23.2 Å². The van der Waals surface area contributed by atoms with Gasteiger partial charge in [-0.05, 0) is 53.1 Å². The second kappa shape index (κ2) is 11.5. The highest BCUT2D eigenvalue weighted by Crippen LogP contribution is 2.46. The van der Waals surface area contributed by atoms with Crippen molar-refractivity contribution in [3.05, 3.63) is 99.8 Å². The van der Waals surface area contributed by atoms with Gasteiger partial charge in [0.2, 0.25) is 5.54 Å². The van der Waals surface area contributed by atoms with Gasteiger partial charge in [-0.15, -0.1) is 11.3 Å². The number of carbonyl (C=O) groups is 2. The van der Waals surface area contributed by atoms with Crippen LogP contribution in [0.25, 0.3) is 11.1 Å². The van der Waals surface area contributed by atoms with Gasteiger partial charge in [0.1, 0.15) is 16.6 Å². The molecule has 11 heteroatoms. The summed E-state index contributed by atoms with van der Waals surface area (Å²) in [6.45, 7) is 3.72. The predicted molar refractivity (Wildman–Crippen MR) is 158 cm³/mol. The van der Waals surface area contributed by atoms with Crippen LogP contribution in [0.4, 0.5) is 10.1 Å². The van der Waals surface area contributed by atoms with Crippen LogP contribution >= 0.6 is 11.3 Å². The van der Waals surface area contributed by atoms with Crippen molar-refractivity contribution in [2.45, 2.75) is 12.1 Å². The Bertz CT molecular complexity index is 1610. The highest BCUT2D eigenvalue weighted by molar-refractivity contribution is 7.09. The maximum absolute atomic E-state index is 14.8. The van der Waals surface area contributed by atoms with E-state index in [0.29, 0.717) is 5.56 Å². The lowest BCUT2D eigenvalue weighted by Gasteiger charge is -2.38. The molecule has 2 aliphatic rings. The van der Waals surface area contributed by atoms with Crippen LogP contribution < -0.4 is 20.7 Å². The molecule has 2 aliphatic heterocycles. The number of amides is 2. The summed E-state index contributed by atoms with van der Waals surface area (Å²) in [7, 11) is 1.45. The van der Waals surface area contributed by atoms with E-state index in [9.17, 15) is 14.0 Å². The number of fused-ring (bicyclic) bond motifs is 1. The first-order valence-electron chi connectivity index (χ1n) is 13.6. The van der Waals surface area contributed by atoms with Crippen LogP contribution in [-0.4, -0.2) is 61.8 Å². The first-order chi connectivity index (χ1) is 20.4. The number of ether oxygens (including phenoxy) is 2. The van der Waals surface area contributed by atoms with Gasteiger partial charge in [-0.2, -0.15) is 0 Å². The minimum atomic E-state index is -1.93. The van der Waals surface area contributed by atoms with Gasteiger partial charge in [-0.1, -0.05) is 24.3 Å². The van der Waals surface area contributed by atoms with Crippen LogP contribution in [0.3, 0.4) is 0 Å². The molecular formula is C31H30FN5O4S. The zero-order chi connectivity index (χ0) is 29.3. The monoisotopic (exact) mass is 587 g/mol. The Morgan fingerprint density at radius 1 is 1.10 bits per heavy atom. The molecule has 0 radical (unpaired) electrons. The number of halogens is 1. The van der Waals surface area contributed by atoms with Gasteiger partial charge in [0.05, 0.1) is 0 Å². The fourth-order valence-electron chi connectivity index (χ4n) is 5.72. The third-order valence-electron chi connectivity index (χ3n) is 7.76. The number of piperazine rings is 1. The second-order valence-electron chi connectivity index (χ2n) is 10.2. The van der Waals surface area contributed by atoms with E-state index in [2.05, 4.69) is 27.3 Å². The van der Waals surface area contributed by atoms with E-state index in [1.54, 1.807) is 5.38 Å². The SMILES string of the molecule is COCOc1ccc(F)cc1C(C(N)=O)(c1nccs1)N1Cc2ccc(-c3ccc(N4CCNCC4)cc3)cc2C1=O. The molecule has 4 aromatic rings. The molecule has 0 spiro atoms. The van der Waals surface area contributed by atoms with Crippen molar-refractivity contribution < 1.29 is 23.5 Å². The van der Waals surface area contributed by atoms with E-state index >= 15 is 0 Å². The fourth-order valence-corrected chi connectivity index (χ4v) is 6.59. The molecule has 1 unspecified atom stereocenters. The van der Waals surface area contributed by atoms with Crippen molar-refractivity contribution in [3.63, 3.8) is 0 Å². The van der Waals surface area contributed by atoms with Gasteiger partial charge in [0.15, 0.2) is 6.79 Å². The van der Waals surface area contributed by atoms with Crippen LogP contribution in [0, 0.1) is 5.82 Å².